The molecular formula is C22H27ClN2O4S. The number of benzene rings is 2. The number of amides is 1. The molecule has 6 nitrogen and oxygen atoms in total. The third-order valence-corrected chi connectivity index (χ3v) is 7.07. The lowest BCUT2D eigenvalue weighted by Crippen LogP contribution is -2.51. The molecule has 1 saturated heterocycles. The van der Waals surface area contributed by atoms with Crippen molar-refractivity contribution in [2.24, 2.45) is 0 Å². The number of ether oxygens (including phenoxy) is 1. The van der Waals surface area contributed by atoms with Crippen molar-refractivity contribution in [3.63, 3.8) is 0 Å². The van der Waals surface area contributed by atoms with E-state index in [1.54, 1.807) is 25.1 Å². The van der Waals surface area contributed by atoms with E-state index in [-0.39, 0.29) is 11.3 Å². The maximum Gasteiger partial charge on any atom is 0.243 e. The summed E-state index contributed by atoms with van der Waals surface area (Å²) in [4.78, 5) is 13.0. The zero-order valence-corrected chi connectivity index (χ0v) is 18.7. The summed E-state index contributed by atoms with van der Waals surface area (Å²) in [6.07, 6.45) is 2.66. The van der Waals surface area contributed by atoms with Crippen LogP contribution in [0.15, 0.2) is 54.6 Å². The Bertz CT molecular complexity index is 976. The Morgan fingerprint density at radius 2 is 1.83 bits per heavy atom. The Morgan fingerprint density at radius 3 is 2.43 bits per heavy atom. The Kier molecular flexibility index (Phi) is 7.06. The van der Waals surface area contributed by atoms with Crippen molar-refractivity contribution in [1.29, 1.82) is 0 Å². The molecule has 1 heterocycles. The van der Waals surface area contributed by atoms with Gasteiger partial charge in [-0.25, -0.2) is 8.42 Å². The number of carbonyl (C=O) groups is 1. The largest absolute Gasteiger partial charge is 0.381 e. The number of hydrogen-bond donors (Lipinski definition) is 1. The number of halogens is 1. The first-order valence-corrected chi connectivity index (χ1v) is 12.1. The van der Waals surface area contributed by atoms with E-state index in [9.17, 15) is 13.2 Å². The summed E-state index contributed by atoms with van der Waals surface area (Å²) in [5.41, 5.74) is 1.27. The molecule has 8 heteroatoms. The molecule has 1 N–H and O–H groups in total. The van der Waals surface area contributed by atoms with Crippen molar-refractivity contribution in [3.8, 4) is 0 Å². The van der Waals surface area contributed by atoms with E-state index in [1.807, 2.05) is 18.2 Å². The molecule has 0 saturated carbocycles. The molecule has 1 fully saturated rings. The molecule has 30 heavy (non-hydrogen) atoms. The molecule has 1 amide bonds. The molecule has 2 aromatic carbocycles. The van der Waals surface area contributed by atoms with Gasteiger partial charge in [-0.15, -0.1) is 0 Å². The molecule has 0 radical (unpaired) electrons. The predicted molar refractivity (Wildman–Crippen MR) is 119 cm³/mol. The molecule has 0 aliphatic carbocycles. The van der Waals surface area contributed by atoms with Gasteiger partial charge in [-0.05, 0) is 43.5 Å². The van der Waals surface area contributed by atoms with E-state index in [0.717, 1.165) is 29.0 Å². The minimum Gasteiger partial charge on any atom is -0.381 e. The monoisotopic (exact) mass is 450 g/mol. The quantitative estimate of drug-likeness (QED) is 0.701. The minimum absolute atomic E-state index is 0.235. The zero-order valence-electron chi connectivity index (χ0n) is 17.2. The van der Waals surface area contributed by atoms with Crippen LogP contribution in [0.4, 0.5) is 5.69 Å². The lowest BCUT2D eigenvalue weighted by atomic mass is 9.74. The number of nitrogens with one attached hydrogen (secondary N) is 1. The maximum atomic E-state index is 13.0. The van der Waals surface area contributed by atoms with Gasteiger partial charge in [0.2, 0.25) is 15.9 Å². The first kappa shape index (κ1) is 22.6. The van der Waals surface area contributed by atoms with E-state index in [2.05, 4.69) is 17.4 Å². The molecule has 1 unspecified atom stereocenters. The van der Waals surface area contributed by atoms with Crippen LogP contribution in [0.1, 0.15) is 25.3 Å². The Balaban J connectivity index is 1.81. The van der Waals surface area contributed by atoms with Gasteiger partial charge in [-0.2, -0.15) is 0 Å². The highest BCUT2D eigenvalue weighted by Crippen LogP contribution is 2.34. The first-order valence-electron chi connectivity index (χ1n) is 9.89. The highest BCUT2D eigenvalue weighted by molar-refractivity contribution is 7.92. The van der Waals surface area contributed by atoms with Crippen molar-refractivity contribution >= 4 is 33.2 Å². The van der Waals surface area contributed by atoms with Gasteiger partial charge >= 0.3 is 0 Å². The average molecular weight is 451 g/mol. The topological polar surface area (TPSA) is 75.7 Å². The van der Waals surface area contributed by atoms with E-state index < -0.39 is 16.1 Å². The third-order valence-electron chi connectivity index (χ3n) is 5.59. The van der Waals surface area contributed by atoms with Crippen LogP contribution in [0, 0.1) is 0 Å². The van der Waals surface area contributed by atoms with E-state index in [0.29, 0.717) is 30.5 Å². The van der Waals surface area contributed by atoms with Gasteiger partial charge in [0, 0.05) is 30.2 Å². The van der Waals surface area contributed by atoms with Crippen molar-refractivity contribution in [1.82, 2.24) is 5.32 Å². The normalized spacial score (nSPS) is 17.2. The zero-order chi connectivity index (χ0) is 21.8. The van der Waals surface area contributed by atoms with Gasteiger partial charge in [0.1, 0.15) is 6.04 Å². The number of carbonyl (C=O) groups excluding carboxylic acids is 1. The lowest BCUT2D eigenvalue weighted by molar-refractivity contribution is -0.122. The average Bonchev–Trinajstić information content (AvgIpc) is 2.72. The van der Waals surface area contributed by atoms with Crippen LogP contribution in [0.25, 0.3) is 0 Å². The molecule has 0 spiro atoms. The molecule has 162 valence electrons. The summed E-state index contributed by atoms with van der Waals surface area (Å²) in [6, 6.07) is 15.6. The van der Waals surface area contributed by atoms with Gasteiger partial charge in [-0.1, -0.05) is 48.0 Å². The van der Waals surface area contributed by atoms with Crippen molar-refractivity contribution < 1.29 is 17.9 Å². The first-order chi connectivity index (χ1) is 14.2. The molecule has 1 atom stereocenters. The van der Waals surface area contributed by atoms with Crippen LogP contribution in [0.3, 0.4) is 0 Å². The molecule has 3 rings (SSSR count). The molecular weight excluding hydrogens is 424 g/mol. The highest BCUT2D eigenvalue weighted by Gasteiger charge is 2.36. The number of anilines is 1. The summed E-state index contributed by atoms with van der Waals surface area (Å²) < 4.78 is 31.6. The van der Waals surface area contributed by atoms with E-state index in [1.165, 1.54) is 6.07 Å². The molecule has 1 aliphatic rings. The van der Waals surface area contributed by atoms with Gasteiger partial charge in [0.15, 0.2) is 0 Å². The second-order valence-electron chi connectivity index (χ2n) is 7.69. The van der Waals surface area contributed by atoms with Crippen LogP contribution in [-0.4, -0.2) is 46.4 Å². The van der Waals surface area contributed by atoms with Crippen LogP contribution < -0.4 is 9.62 Å². The third kappa shape index (κ3) is 5.14. The van der Waals surface area contributed by atoms with Gasteiger partial charge in [0.25, 0.3) is 0 Å². The lowest BCUT2D eigenvalue weighted by Gasteiger charge is -2.38. The number of sulfonamides is 1. The molecule has 1 aliphatic heterocycles. The Morgan fingerprint density at radius 1 is 1.17 bits per heavy atom. The van der Waals surface area contributed by atoms with Crippen LogP contribution in [-0.2, 0) is 25.0 Å². The second-order valence-corrected chi connectivity index (χ2v) is 9.99. The van der Waals surface area contributed by atoms with Crippen molar-refractivity contribution in [2.45, 2.75) is 31.2 Å². The molecule has 2 aromatic rings. The highest BCUT2D eigenvalue weighted by atomic mass is 35.5. The Labute approximate surface area is 183 Å². The summed E-state index contributed by atoms with van der Waals surface area (Å²) in [6.45, 7) is 3.24. The second kappa shape index (κ2) is 9.37. The number of hydrogen-bond acceptors (Lipinski definition) is 4. The van der Waals surface area contributed by atoms with Crippen molar-refractivity contribution in [2.75, 3.05) is 30.3 Å². The number of rotatable bonds is 7. The fourth-order valence-electron chi connectivity index (χ4n) is 3.95. The summed E-state index contributed by atoms with van der Waals surface area (Å²) in [5.74, 6) is -0.359. The van der Waals surface area contributed by atoms with Gasteiger partial charge in [0.05, 0.1) is 11.9 Å². The number of nitrogens with zero attached hydrogens (tertiary/aromatic N) is 1. The fourth-order valence-corrected chi connectivity index (χ4v) is 5.30. The summed E-state index contributed by atoms with van der Waals surface area (Å²) >= 11 is 6.04. The fraction of sp³-hybridized carbons (Fsp3) is 0.409. The van der Waals surface area contributed by atoms with Gasteiger partial charge < -0.3 is 10.1 Å². The van der Waals surface area contributed by atoms with Gasteiger partial charge in [-0.3, -0.25) is 9.10 Å². The molecule has 0 bridgehead atoms. The standard InChI is InChI=1S/C22H27ClN2O4S/c1-17(25(30(2,27)28)20-10-6-9-19(23)15-20)21(26)24-16-22(11-13-29-14-12-22)18-7-4-3-5-8-18/h3-10,15,17H,11-14,16H2,1-2H3,(H,24,26). The van der Waals surface area contributed by atoms with Crippen LogP contribution in [0.5, 0.6) is 0 Å². The maximum absolute atomic E-state index is 13.0. The smallest absolute Gasteiger partial charge is 0.243 e. The minimum atomic E-state index is -3.70. The summed E-state index contributed by atoms with van der Waals surface area (Å²) in [5, 5.41) is 3.40. The van der Waals surface area contributed by atoms with Crippen molar-refractivity contribution in [3.05, 3.63) is 65.2 Å². The Hall–Kier alpha value is -2.09. The summed E-state index contributed by atoms with van der Waals surface area (Å²) in [7, 11) is -3.70. The molecule has 0 aromatic heterocycles. The SMILES string of the molecule is CC(C(=O)NCC1(c2ccccc2)CCOCC1)N(c1cccc(Cl)c1)S(C)(=O)=O. The predicted octanol–water partition coefficient (Wildman–Crippen LogP) is 3.36. The van der Waals surface area contributed by atoms with E-state index >= 15 is 0 Å². The van der Waals surface area contributed by atoms with Crippen LogP contribution in [0.2, 0.25) is 5.02 Å². The van der Waals surface area contributed by atoms with Crippen LogP contribution >= 0.6 is 11.6 Å². The van der Waals surface area contributed by atoms with E-state index in [4.69, 9.17) is 16.3 Å².